The molecular weight excluding hydrogens is 303 g/mol. The van der Waals surface area contributed by atoms with Gasteiger partial charge in [-0.25, -0.2) is 4.39 Å². The zero-order valence-electron chi connectivity index (χ0n) is 14.0. The molecule has 2 aromatic carbocycles. The van der Waals surface area contributed by atoms with Crippen molar-refractivity contribution in [1.29, 1.82) is 0 Å². The number of carbonyl (C=O) groups is 1. The first-order valence-electron chi connectivity index (χ1n) is 8.38. The number of nitrogens with zero attached hydrogens (tertiary/aromatic N) is 2. The van der Waals surface area contributed by atoms with Crippen LogP contribution in [0.2, 0.25) is 0 Å². The molecule has 1 amide bonds. The van der Waals surface area contributed by atoms with E-state index in [1.54, 1.807) is 12.1 Å². The van der Waals surface area contributed by atoms with Crippen LogP contribution in [0.5, 0.6) is 0 Å². The number of rotatable bonds is 5. The maximum absolute atomic E-state index is 12.9. The molecule has 0 radical (unpaired) electrons. The Balaban J connectivity index is 1.52. The molecule has 0 saturated carbocycles. The third kappa shape index (κ3) is 4.20. The largest absolute Gasteiger partial charge is 0.341 e. The van der Waals surface area contributed by atoms with Crippen molar-refractivity contribution in [3.05, 3.63) is 71.5 Å². The second-order valence-electron chi connectivity index (χ2n) is 6.49. The van der Waals surface area contributed by atoms with Crippen LogP contribution in [-0.4, -0.2) is 41.9 Å². The minimum absolute atomic E-state index is 0.122. The van der Waals surface area contributed by atoms with E-state index in [-0.39, 0.29) is 11.7 Å². The molecule has 126 valence electrons. The summed E-state index contributed by atoms with van der Waals surface area (Å²) < 4.78 is 12.9. The minimum Gasteiger partial charge on any atom is -0.341 e. The number of amides is 1. The number of hydrogen-bond acceptors (Lipinski definition) is 2. The van der Waals surface area contributed by atoms with Crippen molar-refractivity contribution < 1.29 is 9.18 Å². The maximum Gasteiger partial charge on any atom is 0.227 e. The van der Waals surface area contributed by atoms with Crippen LogP contribution in [0, 0.1) is 5.82 Å². The molecule has 1 saturated heterocycles. The van der Waals surface area contributed by atoms with Gasteiger partial charge in [-0.3, -0.25) is 9.69 Å². The van der Waals surface area contributed by atoms with Gasteiger partial charge in [-0.05, 0) is 36.7 Å². The van der Waals surface area contributed by atoms with Crippen molar-refractivity contribution in [2.75, 3.05) is 20.1 Å². The van der Waals surface area contributed by atoms with Crippen LogP contribution in [0.15, 0.2) is 54.6 Å². The van der Waals surface area contributed by atoms with Crippen molar-refractivity contribution in [3.8, 4) is 0 Å². The van der Waals surface area contributed by atoms with Gasteiger partial charge in [-0.15, -0.1) is 0 Å². The number of likely N-dealkylation sites (N-methyl/N-ethyl adjacent to an activating group) is 1. The summed E-state index contributed by atoms with van der Waals surface area (Å²) in [5.41, 5.74) is 2.15. The molecule has 1 aliphatic heterocycles. The Morgan fingerprint density at radius 2 is 1.83 bits per heavy atom. The van der Waals surface area contributed by atoms with Crippen molar-refractivity contribution >= 4 is 5.91 Å². The van der Waals surface area contributed by atoms with E-state index in [4.69, 9.17) is 0 Å². The molecule has 24 heavy (non-hydrogen) atoms. The molecule has 4 heteroatoms. The molecule has 0 aromatic heterocycles. The lowest BCUT2D eigenvalue weighted by Gasteiger charge is -2.24. The first-order chi connectivity index (χ1) is 11.6. The molecule has 1 heterocycles. The average Bonchev–Trinajstić information content (AvgIpc) is 3.08. The number of halogens is 1. The Kier molecular flexibility index (Phi) is 5.26. The number of benzene rings is 2. The Morgan fingerprint density at radius 1 is 1.12 bits per heavy atom. The third-order valence-corrected chi connectivity index (χ3v) is 4.68. The van der Waals surface area contributed by atoms with Gasteiger partial charge in [0.15, 0.2) is 0 Å². The third-order valence-electron chi connectivity index (χ3n) is 4.68. The molecule has 1 unspecified atom stereocenters. The fraction of sp³-hybridized carbons (Fsp3) is 0.350. The van der Waals surface area contributed by atoms with Crippen molar-refractivity contribution in [1.82, 2.24) is 9.80 Å². The molecule has 0 spiro atoms. The van der Waals surface area contributed by atoms with Gasteiger partial charge >= 0.3 is 0 Å². The average molecular weight is 326 g/mol. The molecule has 2 aromatic rings. The van der Waals surface area contributed by atoms with E-state index in [9.17, 15) is 9.18 Å². The zero-order chi connectivity index (χ0) is 16.9. The van der Waals surface area contributed by atoms with Gasteiger partial charge in [-0.2, -0.15) is 0 Å². The SMILES string of the molecule is CN(Cc1ccccc1)C1CCN(C(=O)Cc2ccc(F)cc2)C1. The number of carbonyl (C=O) groups excluding carboxylic acids is 1. The Hall–Kier alpha value is -2.20. The van der Waals surface area contributed by atoms with Crippen LogP contribution in [0.4, 0.5) is 4.39 Å². The smallest absolute Gasteiger partial charge is 0.227 e. The van der Waals surface area contributed by atoms with Crippen LogP contribution in [0.25, 0.3) is 0 Å². The van der Waals surface area contributed by atoms with E-state index < -0.39 is 0 Å². The van der Waals surface area contributed by atoms with E-state index in [0.29, 0.717) is 12.5 Å². The summed E-state index contributed by atoms with van der Waals surface area (Å²) in [6.07, 6.45) is 1.34. The second-order valence-corrected chi connectivity index (χ2v) is 6.49. The van der Waals surface area contributed by atoms with Crippen molar-refractivity contribution in [2.45, 2.75) is 25.4 Å². The summed E-state index contributed by atoms with van der Waals surface area (Å²) in [7, 11) is 2.12. The number of hydrogen-bond donors (Lipinski definition) is 0. The van der Waals surface area contributed by atoms with Gasteiger partial charge in [0.05, 0.1) is 6.42 Å². The number of likely N-dealkylation sites (tertiary alicyclic amines) is 1. The molecule has 0 N–H and O–H groups in total. The monoisotopic (exact) mass is 326 g/mol. The van der Waals surface area contributed by atoms with Crippen LogP contribution >= 0.6 is 0 Å². The van der Waals surface area contributed by atoms with Crippen LogP contribution in [0.3, 0.4) is 0 Å². The van der Waals surface area contributed by atoms with E-state index >= 15 is 0 Å². The standard InChI is InChI=1S/C20H23FN2O/c1-22(14-17-5-3-2-4-6-17)19-11-12-23(15-19)20(24)13-16-7-9-18(21)10-8-16/h2-10,19H,11-15H2,1H3. The molecule has 0 bridgehead atoms. The first-order valence-corrected chi connectivity index (χ1v) is 8.38. The second kappa shape index (κ2) is 7.58. The Labute approximate surface area is 142 Å². The highest BCUT2D eigenvalue weighted by Crippen LogP contribution is 2.18. The topological polar surface area (TPSA) is 23.6 Å². The highest BCUT2D eigenvalue weighted by Gasteiger charge is 2.28. The Morgan fingerprint density at radius 3 is 2.54 bits per heavy atom. The van der Waals surface area contributed by atoms with Crippen LogP contribution in [0.1, 0.15) is 17.5 Å². The summed E-state index contributed by atoms with van der Waals surface area (Å²) in [6.45, 7) is 2.46. The molecule has 3 nitrogen and oxygen atoms in total. The van der Waals surface area contributed by atoms with E-state index in [2.05, 4.69) is 36.2 Å². The molecular formula is C20H23FN2O. The predicted molar refractivity (Wildman–Crippen MR) is 93.0 cm³/mol. The van der Waals surface area contributed by atoms with Crippen LogP contribution < -0.4 is 0 Å². The fourth-order valence-electron chi connectivity index (χ4n) is 3.22. The molecule has 1 aliphatic rings. The van der Waals surface area contributed by atoms with Gasteiger partial charge in [0, 0.05) is 25.7 Å². The summed E-state index contributed by atoms with van der Waals surface area (Å²) in [5, 5.41) is 0. The maximum atomic E-state index is 12.9. The van der Waals surface area contributed by atoms with Crippen LogP contribution in [-0.2, 0) is 17.8 Å². The van der Waals surface area contributed by atoms with Gasteiger partial charge < -0.3 is 4.90 Å². The van der Waals surface area contributed by atoms with Crippen molar-refractivity contribution in [3.63, 3.8) is 0 Å². The van der Waals surface area contributed by atoms with Gasteiger partial charge in [0.1, 0.15) is 5.82 Å². The molecule has 0 aliphatic carbocycles. The summed E-state index contributed by atoms with van der Waals surface area (Å²) in [5.74, 6) is -0.146. The van der Waals surface area contributed by atoms with E-state index in [1.165, 1.54) is 17.7 Å². The predicted octanol–water partition coefficient (Wildman–Crippen LogP) is 3.10. The Bertz CT molecular complexity index is 672. The highest BCUT2D eigenvalue weighted by molar-refractivity contribution is 5.79. The zero-order valence-corrected chi connectivity index (χ0v) is 14.0. The fourth-order valence-corrected chi connectivity index (χ4v) is 3.22. The highest BCUT2D eigenvalue weighted by atomic mass is 19.1. The quantitative estimate of drug-likeness (QED) is 0.843. The first kappa shape index (κ1) is 16.7. The minimum atomic E-state index is -0.269. The molecule has 1 atom stereocenters. The lowest BCUT2D eigenvalue weighted by atomic mass is 10.1. The van der Waals surface area contributed by atoms with Crippen molar-refractivity contribution in [2.24, 2.45) is 0 Å². The van der Waals surface area contributed by atoms with E-state index in [1.807, 2.05) is 11.0 Å². The lowest BCUT2D eigenvalue weighted by molar-refractivity contribution is -0.129. The summed E-state index contributed by atoms with van der Waals surface area (Å²) in [4.78, 5) is 16.7. The van der Waals surface area contributed by atoms with Gasteiger partial charge in [-0.1, -0.05) is 42.5 Å². The molecule has 1 fully saturated rings. The lowest BCUT2D eigenvalue weighted by Crippen LogP contribution is -2.36. The summed E-state index contributed by atoms with van der Waals surface area (Å²) >= 11 is 0. The van der Waals surface area contributed by atoms with Gasteiger partial charge in [0.25, 0.3) is 0 Å². The normalized spacial score (nSPS) is 17.5. The van der Waals surface area contributed by atoms with Gasteiger partial charge in [0.2, 0.25) is 5.91 Å². The molecule has 3 rings (SSSR count). The van der Waals surface area contributed by atoms with E-state index in [0.717, 1.165) is 31.6 Å². The summed E-state index contributed by atoms with van der Waals surface area (Å²) in [6, 6.07) is 17.0.